The summed E-state index contributed by atoms with van der Waals surface area (Å²) in [6.45, 7) is 0.991. The van der Waals surface area contributed by atoms with Gasteiger partial charge in [0, 0.05) is 4.47 Å². The molecule has 0 saturated carbocycles. The number of hydrogen-bond acceptors (Lipinski definition) is 2. The number of methoxy groups -OCH3 is 1. The summed E-state index contributed by atoms with van der Waals surface area (Å²) in [6.07, 6.45) is 1.03. The molecule has 0 fully saturated rings. The van der Waals surface area contributed by atoms with Crippen LogP contribution in [-0.2, 0) is 6.42 Å². The highest BCUT2D eigenvalue weighted by molar-refractivity contribution is 9.10. The van der Waals surface area contributed by atoms with E-state index in [-0.39, 0.29) is 0 Å². The molecule has 0 aliphatic rings. The molecule has 1 rings (SSSR count). The van der Waals surface area contributed by atoms with Crippen molar-refractivity contribution in [2.75, 3.05) is 20.7 Å². The zero-order valence-corrected chi connectivity index (χ0v) is 9.52. The minimum atomic E-state index is 0.889. The molecule has 13 heavy (non-hydrogen) atoms. The van der Waals surface area contributed by atoms with Gasteiger partial charge in [-0.1, -0.05) is 22.0 Å². The van der Waals surface area contributed by atoms with Crippen molar-refractivity contribution in [2.45, 2.75) is 6.42 Å². The zero-order valence-electron chi connectivity index (χ0n) is 7.93. The minimum absolute atomic E-state index is 0.889. The average Bonchev–Trinajstić information content (AvgIpc) is 2.16. The van der Waals surface area contributed by atoms with E-state index in [1.165, 1.54) is 5.56 Å². The maximum absolute atomic E-state index is 5.11. The molecular weight excluding hydrogens is 230 g/mol. The Kier molecular flexibility index (Phi) is 4.25. The largest absolute Gasteiger partial charge is 0.497 e. The molecule has 0 amide bonds. The molecule has 0 saturated heterocycles. The van der Waals surface area contributed by atoms with Gasteiger partial charge in [0.05, 0.1) is 7.11 Å². The summed E-state index contributed by atoms with van der Waals surface area (Å²) in [5.41, 5.74) is 1.30. The Morgan fingerprint density at radius 1 is 1.46 bits per heavy atom. The number of halogens is 1. The Morgan fingerprint density at radius 2 is 2.23 bits per heavy atom. The average molecular weight is 244 g/mol. The summed E-state index contributed by atoms with van der Waals surface area (Å²) >= 11 is 3.51. The maximum atomic E-state index is 5.11. The van der Waals surface area contributed by atoms with E-state index in [4.69, 9.17) is 4.74 Å². The van der Waals surface area contributed by atoms with E-state index < -0.39 is 0 Å². The van der Waals surface area contributed by atoms with Crippen LogP contribution < -0.4 is 10.1 Å². The van der Waals surface area contributed by atoms with Crippen molar-refractivity contribution < 1.29 is 4.74 Å². The van der Waals surface area contributed by atoms with E-state index in [1.807, 2.05) is 19.2 Å². The lowest BCUT2D eigenvalue weighted by Crippen LogP contribution is -2.10. The van der Waals surface area contributed by atoms with E-state index in [1.54, 1.807) is 7.11 Å². The van der Waals surface area contributed by atoms with Gasteiger partial charge in [0.2, 0.25) is 0 Å². The van der Waals surface area contributed by atoms with Crippen molar-refractivity contribution in [1.29, 1.82) is 0 Å². The van der Waals surface area contributed by atoms with Gasteiger partial charge in [0.15, 0.2) is 0 Å². The normalized spacial score (nSPS) is 10.1. The monoisotopic (exact) mass is 243 g/mol. The van der Waals surface area contributed by atoms with E-state index in [0.29, 0.717) is 0 Å². The van der Waals surface area contributed by atoms with E-state index >= 15 is 0 Å². The molecule has 2 nitrogen and oxygen atoms in total. The first-order valence-corrected chi connectivity index (χ1v) is 5.04. The Labute approximate surface area is 87.4 Å². The first kappa shape index (κ1) is 10.5. The van der Waals surface area contributed by atoms with Gasteiger partial charge >= 0.3 is 0 Å². The predicted molar refractivity (Wildman–Crippen MR) is 58.3 cm³/mol. The van der Waals surface area contributed by atoms with Crippen LogP contribution in [0.5, 0.6) is 5.75 Å². The van der Waals surface area contributed by atoms with Gasteiger partial charge < -0.3 is 10.1 Å². The SMILES string of the molecule is CNCCc1ccc(OC)cc1Br. The molecule has 0 radical (unpaired) electrons. The van der Waals surface area contributed by atoms with Crippen LogP contribution in [0.15, 0.2) is 22.7 Å². The zero-order chi connectivity index (χ0) is 9.68. The molecule has 0 spiro atoms. The summed E-state index contributed by atoms with van der Waals surface area (Å²) < 4.78 is 6.22. The molecule has 0 bridgehead atoms. The molecule has 1 aromatic rings. The second-order valence-corrected chi connectivity index (χ2v) is 3.67. The Hall–Kier alpha value is -0.540. The molecule has 0 aliphatic heterocycles. The lowest BCUT2D eigenvalue weighted by Gasteiger charge is -2.06. The van der Waals surface area contributed by atoms with Gasteiger partial charge in [0.25, 0.3) is 0 Å². The van der Waals surface area contributed by atoms with E-state index in [2.05, 4.69) is 27.3 Å². The molecule has 0 atom stereocenters. The van der Waals surface area contributed by atoms with Crippen molar-refractivity contribution >= 4 is 15.9 Å². The van der Waals surface area contributed by atoms with Crippen LogP contribution >= 0.6 is 15.9 Å². The quantitative estimate of drug-likeness (QED) is 0.876. The van der Waals surface area contributed by atoms with Crippen LogP contribution in [0.4, 0.5) is 0 Å². The van der Waals surface area contributed by atoms with Gasteiger partial charge in [-0.05, 0) is 37.7 Å². The van der Waals surface area contributed by atoms with Crippen molar-refractivity contribution in [3.8, 4) is 5.75 Å². The summed E-state index contributed by atoms with van der Waals surface area (Å²) in [4.78, 5) is 0. The Bertz CT molecular complexity index is 276. The fourth-order valence-corrected chi connectivity index (χ4v) is 1.67. The van der Waals surface area contributed by atoms with Crippen molar-refractivity contribution in [2.24, 2.45) is 0 Å². The smallest absolute Gasteiger partial charge is 0.120 e. The van der Waals surface area contributed by atoms with Gasteiger partial charge in [-0.3, -0.25) is 0 Å². The van der Waals surface area contributed by atoms with Gasteiger partial charge in [-0.2, -0.15) is 0 Å². The molecule has 1 N–H and O–H groups in total. The summed E-state index contributed by atoms with van der Waals surface area (Å²) in [6, 6.07) is 6.06. The summed E-state index contributed by atoms with van der Waals surface area (Å²) in [5.74, 6) is 0.889. The summed E-state index contributed by atoms with van der Waals surface area (Å²) in [7, 11) is 3.63. The van der Waals surface area contributed by atoms with Crippen LogP contribution in [0.3, 0.4) is 0 Å². The first-order chi connectivity index (χ1) is 6.27. The highest BCUT2D eigenvalue weighted by atomic mass is 79.9. The van der Waals surface area contributed by atoms with E-state index in [0.717, 1.165) is 23.2 Å². The number of likely N-dealkylation sites (N-methyl/N-ethyl adjacent to an activating group) is 1. The van der Waals surface area contributed by atoms with Crippen LogP contribution in [0.25, 0.3) is 0 Å². The lowest BCUT2D eigenvalue weighted by atomic mass is 10.1. The van der Waals surface area contributed by atoms with Crippen molar-refractivity contribution in [3.05, 3.63) is 28.2 Å². The minimum Gasteiger partial charge on any atom is -0.497 e. The van der Waals surface area contributed by atoms with Crippen molar-refractivity contribution in [3.63, 3.8) is 0 Å². The number of rotatable bonds is 4. The molecular formula is C10H14BrNO. The highest BCUT2D eigenvalue weighted by Gasteiger charge is 2.00. The second-order valence-electron chi connectivity index (χ2n) is 2.81. The third-order valence-corrected chi connectivity index (χ3v) is 2.64. The fourth-order valence-electron chi connectivity index (χ4n) is 1.12. The van der Waals surface area contributed by atoms with Crippen LogP contribution in [0.2, 0.25) is 0 Å². The van der Waals surface area contributed by atoms with Crippen molar-refractivity contribution in [1.82, 2.24) is 5.32 Å². The van der Waals surface area contributed by atoms with Crippen LogP contribution in [0.1, 0.15) is 5.56 Å². The first-order valence-electron chi connectivity index (χ1n) is 4.25. The highest BCUT2D eigenvalue weighted by Crippen LogP contribution is 2.22. The van der Waals surface area contributed by atoms with E-state index in [9.17, 15) is 0 Å². The Balaban J connectivity index is 2.73. The number of benzene rings is 1. The molecule has 0 unspecified atom stereocenters. The third kappa shape index (κ3) is 3.01. The van der Waals surface area contributed by atoms with Crippen LogP contribution in [-0.4, -0.2) is 20.7 Å². The third-order valence-electron chi connectivity index (χ3n) is 1.90. The van der Waals surface area contributed by atoms with Gasteiger partial charge in [0.1, 0.15) is 5.75 Å². The number of hydrogen-bond donors (Lipinski definition) is 1. The number of nitrogens with one attached hydrogen (secondary N) is 1. The fraction of sp³-hybridized carbons (Fsp3) is 0.400. The molecule has 1 aromatic carbocycles. The lowest BCUT2D eigenvalue weighted by molar-refractivity contribution is 0.414. The second kappa shape index (κ2) is 5.25. The molecule has 0 heterocycles. The number of ether oxygens (including phenoxy) is 1. The maximum Gasteiger partial charge on any atom is 0.120 e. The van der Waals surface area contributed by atoms with Gasteiger partial charge in [-0.15, -0.1) is 0 Å². The molecule has 3 heteroatoms. The van der Waals surface area contributed by atoms with Crippen LogP contribution in [0, 0.1) is 0 Å². The molecule has 0 aliphatic carbocycles. The molecule has 0 aromatic heterocycles. The van der Waals surface area contributed by atoms with Gasteiger partial charge in [-0.25, -0.2) is 0 Å². The standard InChI is InChI=1S/C10H14BrNO/c1-12-6-5-8-3-4-9(13-2)7-10(8)11/h3-4,7,12H,5-6H2,1-2H3. The topological polar surface area (TPSA) is 21.3 Å². The Morgan fingerprint density at radius 3 is 2.77 bits per heavy atom. The predicted octanol–water partition coefficient (Wildman–Crippen LogP) is 2.22. The molecule has 72 valence electrons. The summed E-state index contributed by atoms with van der Waals surface area (Å²) in [5, 5.41) is 3.12.